The summed E-state index contributed by atoms with van der Waals surface area (Å²) in [5.74, 6) is 0.624. The van der Waals surface area contributed by atoms with Gasteiger partial charge in [0.1, 0.15) is 0 Å². The fraction of sp³-hybridized carbons (Fsp3) is 1.00. The van der Waals surface area contributed by atoms with Crippen molar-refractivity contribution in [2.45, 2.75) is 52.7 Å². The Morgan fingerprint density at radius 2 is 1.73 bits per heavy atom. The lowest BCUT2D eigenvalue weighted by Crippen LogP contribution is -2.22. The molecule has 0 rings (SSSR count). The van der Waals surface area contributed by atoms with E-state index in [1.165, 1.54) is 12.8 Å². The highest BCUT2D eigenvalue weighted by Crippen LogP contribution is 2.05. The maximum absolute atomic E-state index is 9.02. The molecule has 15 heavy (non-hydrogen) atoms. The monoisotopic (exact) mass is 218 g/mol. The van der Waals surface area contributed by atoms with Crippen molar-refractivity contribution >= 4 is 0 Å². The first kappa shape index (κ1) is 14.9. The van der Waals surface area contributed by atoms with Gasteiger partial charge in [-0.3, -0.25) is 0 Å². The van der Waals surface area contributed by atoms with Crippen LogP contribution >= 0.6 is 0 Å². The summed E-state index contributed by atoms with van der Waals surface area (Å²) in [7, 11) is 0. The molecule has 3 unspecified atom stereocenters. The fourth-order valence-electron chi connectivity index (χ4n) is 1.36. The minimum absolute atomic E-state index is 0.0634. The number of aliphatic hydroxyl groups excluding tert-OH is 1. The molecular weight excluding hydrogens is 192 g/mol. The molecule has 3 heteroatoms. The van der Waals surface area contributed by atoms with Crippen LogP contribution in [0.4, 0.5) is 0 Å². The third kappa shape index (κ3) is 10.2. The molecule has 0 saturated heterocycles. The fourth-order valence-corrected chi connectivity index (χ4v) is 1.36. The maximum atomic E-state index is 9.02. The molecule has 0 fully saturated rings. The minimum Gasteiger partial charge on any atom is -0.391 e. The Hall–Kier alpha value is -0.120. The first-order chi connectivity index (χ1) is 7.06. The Labute approximate surface area is 93.8 Å². The van der Waals surface area contributed by atoms with Crippen molar-refractivity contribution in [3.05, 3.63) is 0 Å². The van der Waals surface area contributed by atoms with Crippen LogP contribution in [0, 0.1) is 5.92 Å². The Balaban J connectivity index is 3.34. The van der Waals surface area contributed by atoms with Gasteiger partial charge in [-0.25, -0.2) is 0 Å². The van der Waals surface area contributed by atoms with Crippen LogP contribution in [0.5, 0.6) is 0 Å². The summed E-state index contributed by atoms with van der Waals surface area (Å²) in [5, 5.41) is 9.02. The van der Waals surface area contributed by atoms with Gasteiger partial charge < -0.3 is 14.6 Å². The van der Waals surface area contributed by atoms with Gasteiger partial charge in [-0.1, -0.05) is 20.3 Å². The van der Waals surface area contributed by atoms with E-state index in [4.69, 9.17) is 14.6 Å². The number of hydrogen-bond acceptors (Lipinski definition) is 3. The van der Waals surface area contributed by atoms with E-state index in [2.05, 4.69) is 13.8 Å². The Kier molecular flexibility index (Phi) is 9.06. The standard InChI is InChI=1S/C12H26O3/c1-5-6-10(2)7-14-9-12(4)15-8-11(3)13/h10-13H,5-9H2,1-4H3. The van der Waals surface area contributed by atoms with Gasteiger partial charge >= 0.3 is 0 Å². The molecule has 3 nitrogen and oxygen atoms in total. The zero-order chi connectivity index (χ0) is 11.7. The van der Waals surface area contributed by atoms with Crippen LogP contribution in [0.25, 0.3) is 0 Å². The topological polar surface area (TPSA) is 38.7 Å². The second kappa shape index (κ2) is 9.13. The van der Waals surface area contributed by atoms with Crippen molar-refractivity contribution in [1.29, 1.82) is 0 Å². The lowest BCUT2D eigenvalue weighted by atomic mass is 10.1. The summed E-state index contributed by atoms with van der Waals surface area (Å²) in [6.07, 6.45) is 2.08. The molecule has 92 valence electrons. The van der Waals surface area contributed by atoms with E-state index in [-0.39, 0.29) is 6.10 Å². The van der Waals surface area contributed by atoms with E-state index in [1.807, 2.05) is 6.92 Å². The summed E-state index contributed by atoms with van der Waals surface area (Å²) in [4.78, 5) is 0. The largest absolute Gasteiger partial charge is 0.391 e. The minimum atomic E-state index is -0.397. The number of rotatable bonds is 9. The molecule has 3 atom stereocenters. The van der Waals surface area contributed by atoms with Crippen LogP contribution in [-0.4, -0.2) is 37.1 Å². The molecule has 0 amide bonds. The first-order valence-corrected chi connectivity index (χ1v) is 5.93. The molecule has 0 aromatic heterocycles. The molecule has 0 aliphatic carbocycles. The number of aliphatic hydroxyl groups is 1. The quantitative estimate of drug-likeness (QED) is 0.645. The van der Waals surface area contributed by atoms with Gasteiger partial charge in [-0.15, -0.1) is 0 Å². The van der Waals surface area contributed by atoms with E-state index in [0.717, 1.165) is 6.61 Å². The Morgan fingerprint density at radius 1 is 1.07 bits per heavy atom. The van der Waals surface area contributed by atoms with Gasteiger partial charge in [-0.2, -0.15) is 0 Å². The van der Waals surface area contributed by atoms with Gasteiger partial charge in [0.05, 0.1) is 25.4 Å². The zero-order valence-electron chi connectivity index (χ0n) is 10.5. The van der Waals surface area contributed by atoms with Gasteiger partial charge in [0.15, 0.2) is 0 Å². The molecule has 0 saturated carbocycles. The van der Waals surface area contributed by atoms with E-state index in [1.54, 1.807) is 6.92 Å². The maximum Gasteiger partial charge on any atom is 0.0781 e. The van der Waals surface area contributed by atoms with Crippen molar-refractivity contribution in [1.82, 2.24) is 0 Å². The van der Waals surface area contributed by atoms with Crippen LogP contribution in [0.3, 0.4) is 0 Å². The molecular formula is C12H26O3. The molecule has 0 aromatic carbocycles. The average molecular weight is 218 g/mol. The second-order valence-electron chi connectivity index (χ2n) is 4.42. The summed E-state index contributed by atoms with van der Waals surface area (Å²) < 4.78 is 10.9. The van der Waals surface area contributed by atoms with Crippen molar-refractivity contribution in [3.8, 4) is 0 Å². The summed E-state index contributed by atoms with van der Waals surface area (Å²) in [6, 6.07) is 0. The first-order valence-electron chi connectivity index (χ1n) is 5.93. The average Bonchev–Trinajstić information content (AvgIpc) is 2.15. The van der Waals surface area contributed by atoms with E-state index < -0.39 is 6.10 Å². The van der Waals surface area contributed by atoms with Crippen LogP contribution in [0.2, 0.25) is 0 Å². The lowest BCUT2D eigenvalue weighted by Gasteiger charge is -2.16. The van der Waals surface area contributed by atoms with E-state index >= 15 is 0 Å². The number of ether oxygens (including phenoxy) is 2. The highest BCUT2D eigenvalue weighted by Gasteiger charge is 2.06. The van der Waals surface area contributed by atoms with Gasteiger partial charge in [0.25, 0.3) is 0 Å². The number of hydrogen-bond donors (Lipinski definition) is 1. The van der Waals surface area contributed by atoms with E-state index in [9.17, 15) is 0 Å². The van der Waals surface area contributed by atoms with Crippen molar-refractivity contribution < 1.29 is 14.6 Å². The van der Waals surface area contributed by atoms with Crippen molar-refractivity contribution in [2.24, 2.45) is 5.92 Å². The summed E-state index contributed by atoms with van der Waals surface area (Å²) >= 11 is 0. The molecule has 0 heterocycles. The smallest absolute Gasteiger partial charge is 0.0781 e. The molecule has 0 spiro atoms. The molecule has 0 aliphatic heterocycles. The molecule has 0 radical (unpaired) electrons. The lowest BCUT2D eigenvalue weighted by molar-refractivity contribution is -0.0414. The SMILES string of the molecule is CCCC(C)COCC(C)OCC(C)O. The molecule has 0 aliphatic rings. The van der Waals surface area contributed by atoms with Gasteiger partial charge in [0.2, 0.25) is 0 Å². The summed E-state index contributed by atoms with van der Waals surface area (Å²) in [5.41, 5.74) is 0. The second-order valence-corrected chi connectivity index (χ2v) is 4.42. The molecule has 0 aromatic rings. The van der Waals surface area contributed by atoms with Gasteiger partial charge in [-0.05, 0) is 26.2 Å². The molecule has 0 bridgehead atoms. The van der Waals surface area contributed by atoms with Crippen LogP contribution in [0.15, 0.2) is 0 Å². The van der Waals surface area contributed by atoms with Crippen molar-refractivity contribution in [3.63, 3.8) is 0 Å². The Bertz CT molecular complexity index is 137. The third-order valence-electron chi connectivity index (χ3n) is 2.16. The third-order valence-corrected chi connectivity index (χ3v) is 2.16. The normalized spacial score (nSPS) is 17.4. The predicted molar refractivity (Wildman–Crippen MR) is 62.0 cm³/mol. The predicted octanol–water partition coefficient (Wildman–Crippen LogP) is 2.23. The van der Waals surface area contributed by atoms with Crippen molar-refractivity contribution in [2.75, 3.05) is 19.8 Å². The van der Waals surface area contributed by atoms with E-state index in [0.29, 0.717) is 19.1 Å². The Morgan fingerprint density at radius 3 is 2.27 bits per heavy atom. The van der Waals surface area contributed by atoms with Gasteiger partial charge in [0, 0.05) is 6.61 Å². The molecule has 1 N–H and O–H groups in total. The summed E-state index contributed by atoms with van der Waals surface area (Å²) in [6.45, 7) is 9.87. The zero-order valence-corrected chi connectivity index (χ0v) is 10.5. The van der Waals surface area contributed by atoms with Crippen LogP contribution in [-0.2, 0) is 9.47 Å². The highest BCUT2D eigenvalue weighted by atomic mass is 16.5. The van der Waals surface area contributed by atoms with Crippen LogP contribution < -0.4 is 0 Å². The van der Waals surface area contributed by atoms with Crippen LogP contribution in [0.1, 0.15) is 40.5 Å². The highest BCUT2D eigenvalue weighted by molar-refractivity contribution is 4.53.